The second-order valence-corrected chi connectivity index (χ2v) is 6.41. The van der Waals surface area contributed by atoms with Gasteiger partial charge in [-0.15, -0.1) is 0 Å². The fraction of sp³-hybridized carbons (Fsp3) is 0.529. The maximum atomic E-state index is 12.1. The van der Waals surface area contributed by atoms with Crippen LogP contribution in [0.15, 0.2) is 6.33 Å². The van der Waals surface area contributed by atoms with E-state index in [0.717, 1.165) is 27.1 Å². The monoisotopic (exact) mass is 426 g/mol. The SMILES string of the molecule is CC(=O)NC(=O)c1ncn(C2OC(COC(C)=O)C(OC(C)=O)C2OC(C)=O)c1N. The standard InChI is InChI=1S/C17H22N4O9/c1-7(22)20-16(26)12-15(18)21(6-19-12)17-14(29-10(4)25)13(28-9(3)24)11(30-17)5-27-8(2)23/h6,11,13-14,17H,5,18H2,1-4H3,(H,20,22,26). The van der Waals surface area contributed by atoms with Gasteiger partial charge in [0, 0.05) is 27.7 Å². The lowest BCUT2D eigenvalue weighted by atomic mass is 10.1. The summed E-state index contributed by atoms with van der Waals surface area (Å²) in [6, 6.07) is 0. The molecule has 13 heteroatoms. The highest BCUT2D eigenvalue weighted by atomic mass is 16.7. The molecule has 2 rings (SSSR count). The third-order valence-corrected chi connectivity index (χ3v) is 3.95. The molecule has 1 saturated heterocycles. The second kappa shape index (κ2) is 9.35. The van der Waals surface area contributed by atoms with Gasteiger partial charge in [0.1, 0.15) is 18.5 Å². The molecule has 4 atom stereocenters. The van der Waals surface area contributed by atoms with Crippen LogP contribution < -0.4 is 11.1 Å². The maximum Gasteiger partial charge on any atom is 0.303 e. The van der Waals surface area contributed by atoms with Gasteiger partial charge in [-0.2, -0.15) is 0 Å². The molecule has 1 aromatic heterocycles. The van der Waals surface area contributed by atoms with Gasteiger partial charge in [0.15, 0.2) is 24.1 Å². The molecule has 30 heavy (non-hydrogen) atoms. The first-order valence-corrected chi connectivity index (χ1v) is 8.78. The number of hydrogen-bond acceptors (Lipinski definition) is 11. The predicted octanol–water partition coefficient (Wildman–Crippen LogP) is -0.934. The molecule has 1 aliphatic rings. The summed E-state index contributed by atoms with van der Waals surface area (Å²) in [4.78, 5) is 61.4. The molecular formula is C17H22N4O9. The number of rotatable bonds is 6. The molecule has 3 N–H and O–H groups in total. The van der Waals surface area contributed by atoms with Crippen molar-refractivity contribution in [3.05, 3.63) is 12.0 Å². The molecule has 1 aliphatic heterocycles. The van der Waals surface area contributed by atoms with Crippen molar-refractivity contribution in [3.8, 4) is 0 Å². The summed E-state index contributed by atoms with van der Waals surface area (Å²) in [7, 11) is 0. The first-order valence-electron chi connectivity index (χ1n) is 8.78. The van der Waals surface area contributed by atoms with Gasteiger partial charge in [0.25, 0.3) is 5.91 Å². The van der Waals surface area contributed by atoms with Crippen LogP contribution in [0.5, 0.6) is 0 Å². The number of amides is 2. The average molecular weight is 426 g/mol. The number of hydrogen-bond donors (Lipinski definition) is 2. The van der Waals surface area contributed by atoms with Crippen molar-refractivity contribution >= 4 is 35.5 Å². The van der Waals surface area contributed by atoms with Crippen molar-refractivity contribution in [2.75, 3.05) is 12.3 Å². The molecule has 0 bridgehead atoms. The summed E-state index contributed by atoms with van der Waals surface area (Å²) >= 11 is 0. The number of nitrogens with two attached hydrogens (primary N) is 1. The Morgan fingerprint density at radius 1 is 1.07 bits per heavy atom. The van der Waals surface area contributed by atoms with E-state index in [4.69, 9.17) is 24.7 Å². The van der Waals surface area contributed by atoms with Crippen molar-refractivity contribution in [3.63, 3.8) is 0 Å². The van der Waals surface area contributed by atoms with Crippen molar-refractivity contribution in [1.82, 2.24) is 14.9 Å². The molecule has 0 radical (unpaired) electrons. The number of nitrogens with zero attached hydrogens (tertiary/aromatic N) is 2. The van der Waals surface area contributed by atoms with Crippen molar-refractivity contribution in [2.24, 2.45) is 0 Å². The Balaban J connectivity index is 2.40. The number of carbonyl (C=O) groups is 5. The molecule has 1 fully saturated rings. The molecular weight excluding hydrogens is 404 g/mol. The largest absolute Gasteiger partial charge is 0.463 e. The van der Waals surface area contributed by atoms with E-state index in [1.807, 2.05) is 5.32 Å². The van der Waals surface area contributed by atoms with E-state index in [-0.39, 0.29) is 18.1 Å². The number of nitrogen functional groups attached to an aromatic ring is 1. The van der Waals surface area contributed by atoms with Gasteiger partial charge in [0.05, 0.1) is 6.33 Å². The number of esters is 3. The lowest BCUT2D eigenvalue weighted by Gasteiger charge is -2.24. The molecule has 2 amide bonds. The Morgan fingerprint density at radius 3 is 2.20 bits per heavy atom. The zero-order valence-electron chi connectivity index (χ0n) is 16.7. The van der Waals surface area contributed by atoms with Crippen LogP contribution in [0.2, 0.25) is 0 Å². The van der Waals surface area contributed by atoms with Gasteiger partial charge < -0.3 is 24.7 Å². The highest BCUT2D eigenvalue weighted by molar-refractivity contribution is 6.05. The summed E-state index contributed by atoms with van der Waals surface area (Å²) in [6.45, 7) is 4.32. The van der Waals surface area contributed by atoms with Crippen LogP contribution in [0.4, 0.5) is 5.82 Å². The van der Waals surface area contributed by atoms with Gasteiger partial charge >= 0.3 is 17.9 Å². The normalized spacial score (nSPS) is 22.8. The average Bonchev–Trinajstić information content (AvgIpc) is 3.13. The Bertz CT molecular complexity index is 865. The number of carbonyl (C=O) groups excluding carboxylic acids is 5. The van der Waals surface area contributed by atoms with E-state index in [1.165, 1.54) is 11.5 Å². The summed E-state index contributed by atoms with van der Waals surface area (Å²) in [5.41, 5.74) is 5.72. The maximum absolute atomic E-state index is 12.1. The van der Waals surface area contributed by atoms with Gasteiger partial charge in [-0.05, 0) is 0 Å². The first-order chi connectivity index (χ1) is 14.0. The van der Waals surface area contributed by atoms with Gasteiger partial charge in [-0.3, -0.25) is 33.9 Å². The smallest absolute Gasteiger partial charge is 0.303 e. The van der Waals surface area contributed by atoms with Crippen LogP contribution in [-0.2, 0) is 38.1 Å². The quantitative estimate of drug-likeness (QED) is 0.424. The number of ether oxygens (including phenoxy) is 4. The van der Waals surface area contributed by atoms with Crippen LogP contribution in [0, 0.1) is 0 Å². The number of imidazole rings is 1. The van der Waals surface area contributed by atoms with Crippen molar-refractivity contribution < 1.29 is 42.9 Å². The minimum Gasteiger partial charge on any atom is -0.463 e. The van der Waals surface area contributed by atoms with Crippen LogP contribution >= 0.6 is 0 Å². The van der Waals surface area contributed by atoms with Gasteiger partial charge in [-0.1, -0.05) is 0 Å². The number of aromatic nitrogens is 2. The number of imide groups is 1. The van der Waals surface area contributed by atoms with E-state index in [1.54, 1.807) is 0 Å². The van der Waals surface area contributed by atoms with Crippen LogP contribution in [0.25, 0.3) is 0 Å². The summed E-state index contributed by atoms with van der Waals surface area (Å²) in [6.07, 6.45) is -3.34. The number of nitrogens with one attached hydrogen (secondary N) is 1. The third-order valence-electron chi connectivity index (χ3n) is 3.95. The summed E-state index contributed by atoms with van der Waals surface area (Å²) < 4.78 is 22.4. The minimum atomic E-state index is -1.19. The van der Waals surface area contributed by atoms with E-state index in [0.29, 0.717) is 0 Å². The first kappa shape index (κ1) is 22.8. The van der Waals surface area contributed by atoms with E-state index >= 15 is 0 Å². The zero-order valence-corrected chi connectivity index (χ0v) is 16.7. The molecule has 0 spiro atoms. The highest BCUT2D eigenvalue weighted by Gasteiger charge is 2.51. The molecule has 4 unspecified atom stereocenters. The lowest BCUT2D eigenvalue weighted by Crippen LogP contribution is -2.40. The van der Waals surface area contributed by atoms with Gasteiger partial charge in [0.2, 0.25) is 5.91 Å². The molecule has 1 aromatic rings. The third kappa shape index (κ3) is 5.31. The van der Waals surface area contributed by atoms with Crippen molar-refractivity contribution in [2.45, 2.75) is 52.2 Å². The predicted molar refractivity (Wildman–Crippen MR) is 96.4 cm³/mol. The Morgan fingerprint density at radius 2 is 1.67 bits per heavy atom. The Hall–Kier alpha value is -3.48. The topological polar surface area (TPSA) is 178 Å². The van der Waals surface area contributed by atoms with E-state index < -0.39 is 54.3 Å². The van der Waals surface area contributed by atoms with Crippen LogP contribution in [-0.4, -0.2) is 64.2 Å². The zero-order chi connectivity index (χ0) is 22.6. The molecule has 0 aliphatic carbocycles. The molecule has 2 heterocycles. The molecule has 164 valence electrons. The van der Waals surface area contributed by atoms with E-state index in [9.17, 15) is 24.0 Å². The molecule has 0 aromatic carbocycles. The lowest BCUT2D eigenvalue weighted by molar-refractivity contribution is -0.166. The molecule has 13 nitrogen and oxygen atoms in total. The fourth-order valence-electron chi connectivity index (χ4n) is 2.88. The summed E-state index contributed by atoms with van der Waals surface area (Å²) in [5.74, 6) is -3.63. The Kier molecular flexibility index (Phi) is 7.10. The highest BCUT2D eigenvalue weighted by Crippen LogP contribution is 2.36. The van der Waals surface area contributed by atoms with Crippen LogP contribution in [0.1, 0.15) is 44.4 Å². The fourth-order valence-corrected chi connectivity index (χ4v) is 2.88. The molecule has 0 saturated carbocycles. The minimum absolute atomic E-state index is 0.189. The van der Waals surface area contributed by atoms with Crippen molar-refractivity contribution in [1.29, 1.82) is 0 Å². The van der Waals surface area contributed by atoms with Gasteiger partial charge in [-0.25, -0.2) is 4.98 Å². The number of anilines is 1. The summed E-state index contributed by atoms with van der Waals surface area (Å²) in [5, 5.41) is 2.04. The second-order valence-electron chi connectivity index (χ2n) is 6.41. The van der Waals surface area contributed by atoms with Crippen LogP contribution in [0.3, 0.4) is 0 Å². The Labute approximate surface area is 170 Å². The van der Waals surface area contributed by atoms with E-state index in [2.05, 4.69) is 4.98 Å².